The van der Waals surface area contributed by atoms with Crippen molar-refractivity contribution in [2.75, 3.05) is 25.0 Å². The Bertz CT molecular complexity index is 218. The average molecular weight is 264 g/mol. The Hall–Kier alpha value is -0.840. The molecule has 14 heavy (non-hydrogen) atoms. The first-order valence-corrected chi connectivity index (χ1v) is 5.38. The van der Waals surface area contributed by atoms with Crippen LogP contribution in [0, 0.1) is 0 Å². The van der Waals surface area contributed by atoms with Crippen molar-refractivity contribution in [1.82, 2.24) is 4.90 Å². The van der Waals surface area contributed by atoms with E-state index in [0.717, 1.165) is 0 Å². The Balaban J connectivity index is 4.19. The number of amides is 1. The van der Waals surface area contributed by atoms with Crippen molar-refractivity contribution >= 4 is 27.8 Å². The van der Waals surface area contributed by atoms with Crippen LogP contribution in [0.3, 0.4) is 0 Å². The van der Waals surface area contributed by atoms with Crippen LogP contribution < -0.4 is 0 Å². The number of carbonyl (C=O) groups is 2. The summed E-state index contributed by atoms with van der Waals surface area (Å²) >= 11 is 3.03. The van der Waals surface area contributed by atoms with Gasteiger partial charge in [-0.15, -0.1) is 6.58 Å². The third-order valence-corrected chi connectivity index (χ3v) is 2.02. The van der Waals surface area contributed by atoms with Gasteiger partial charge in [-0.25, -0.2) is 4.79 Å². The Labute approximate surface area is 92.0 Å². The maximum Gasteiger partial charge on any atom is 0.410 e. The molecular formula is C9H14BrNO3. The van der Waals surface area contributed by atoms with Gasteiger partial charge in [0.15, 0.2) is 5.78 Å². The van der Waals surface area contributed by atoms with Gasteiger partial charge in [0.2, 0.25) is 0 Å². The van der Waals surface area contributed by atoms with Gasteiger partial charge >= 0.3 is 6.09 Å². The minimum absolute atomic E-state index is 0.0517. The molecule has 4 nitrogen and oxygen atoms in total. The maximum atomic E-state index is 11.3. The van der Waals surface area contributed by atoms with Gasteiger partial charge in [-0.1, -0.05) is 22.0 Å². The van der Waals surface area contributed by atoms with E-state index in [4.69, 9.17) is 4.74 Å². The van der Waals surface area contributed by atoms with Crippen LogP contribution in [0.2, 0.25) is 0 Å². The van der Waals surface area contributed by atoms with Crippen LogP contribution in [0.25, 0.3) is 0 Å². The second-order valence-electron chi connectivity index (χ2n) is 2.54. The number of nitrogens with zero attached hydrogens (tertiary/aromatic N) is 1. The van der Waals surface area contributed by atoms with E-state index in [1.54, 1.807) is 13.0 Å². The summed E-state index contributed by atoms with van der Waals surface area (Å²) in [7, 11) is 0. The molecule has 0 aromatic rings. The van der Waals surface area contributed by atoms with Crippen LogP contribution in [0.15, 0.2) is 12.7 Å². The molecule has 0 spiro atoms. The normalized spacial score (nSPS) is 9.29. The fourth-order valence-corrected chi connectivity index (χ4v) is 1.01. The van der Waals surface area contributed by atoms with Gasteiger partial charge in [-0.05, 0) is 6.92 Å². The number of alkyl halides is 1. The number of ether oxygens (including phenoxy) is 1. The molecule has 0 aromatic heterocycles. The number of hydrogen-bond acceptors (Lipinski definition) is 3. The minimum Gasteiger partial charge on any atom is -0.450 e. The molecule has 5 heteroatoms. The monoisotopic (exact) mass is 263 g/mol. The lowest BCUT2D eigenvalue weighted by atomic mass is 10.4. The van der Waals surface area contributed by atoms with Gasteiger partial charge < -0.3 is 4.74 Å². The topological polar surface area (TPSA) is 46.6 Å². The molecule has 0 unspecified atom stereocenters. The number of Topliss-reactive ketones (excluding diaryl/α,β-unsaturated/α-hetero) is 1. The highest BCUT2D eigenvalue weighted by molar-refractivity contribution is 9.09. The highest BCUT2D eigenvalue weighted by atomic mass is 79.9. The Morgan fingerprint density at radius 3 is 2.64 bits per heavy atom. The molecule has 0 aliphatic heterocycles. The molecule has 0 saturated heterocycles. The second kappa shape index (κ2) is 7.55. The van der Waals surface area contributed by atoms with Crippen molar-refractivity contribution in [3.8, 4) is 0 Å². The van der Waals surface area contributed by atoms with E-state index < -0.39 is 6.09 Å². The molecule has 0 aromatic carbocycles. The van der Waals surface area contributed by atoms with Gasteiger partial charge in [0.05, 0.1) is 18.5 Å². The largest absolute Gasteiger partial charge is 0.450 e. The highest BCUT2D eigenvalue weighted by Gasteiger charge is 2.15. The lowest BCUT2D eigenvalue weighted by molar-refractivity contribution is -0.117. The van der Waals surface area contributed by atoms with Crippen LogP contribution in [0.4, 0.5) is 4.79 Å². The van der Waals surface area contributed by atoms with Gasteiger partial charge in [0, 0.05) is 6.54 Å². The third kappa shape index (κ3) is 5.01. The summed E-state index contributed by atoms with van der Waals surface area (Å²) in [6.45, 7) is 5.89. The molecule has 0 aliphatic rings. The van der Waals surface area contributed by atoms with Crippen molar-refractivity contribution in [2.24, 2.45) is 0 Å². The smallest absolute Gasteiger partial charge is 0.410 e. The third-order valence-electron chi connectivity index (χ3n) is 1.39. The van der Waals surface area contributed by atoms with Gasteiger partial charge in [0.1, 0.15) is 0 Å². The number of halogens is 1. The van der Waals surface area contributed by atoms with Gasteiger partial charge in [-0.2, -0.15) is 0 Å². The number of ketones is 1. The average Bonchev–Trinajstić information content (AvgIpc) is 2.17. The summed E-state index contributed by atoms with van der Waals surface area (Å²) < 4.78 is 4.77. The van der Waals surface area contributed by atoms with Crippen molar-refractivity contribution in [1.29, 1.82) is 0 Å². The molecule has 0 fully saturated rings. The quantitative estimate of drug-likeness (QED) is 0.540. The lowest BCUT2D eigenvalue weighted by Gasteiger charge is -2.18. The molecule has 0 radical (unpaired) electrons. The number of hydrogen-bond donors (Lipinski definition) is 0. The zero-order valence-electron chi connectivity index (χ0n) is 8.16. The summed E-state index contributed by atoms with van der Waals surface area (Å²) in [5.41, 5.74) is 0. The van der Waals surface area contributed by atoms with E-state index >= 15 is 0 Å². The molecule has 0 bridgehead atoms. The lowest BCUT2D eigenvalue weighted by Crippen LogP contribution is -2.36. The SMILES string of the molecule is C=CCN(CC(=O)CBr)C(=O)OCC. The number of rotatable bonds is 6. The second-order valence-corrected chi connectivity index (χ2v) is 3.10. The van der Waals surface area contributed by atoms with E-state index in [2.05, 4.69) is 22.5 Å². The fraction of sp³-hybridized carbons (Fsp3) is 0.556. The molecular weight excluding hydrogens is 250 g/mol. The predicted molar refractivity (Wildman–Crippen MR) is 57.6 cm³/mol. The summed E-state index contributed by atoms with van der Waals surface area (Å²) in [4.78, 5) is 23.7. The molecule has 80 valence electrons. The van der Waals surface area contributed by atoms with Crippen LogP contribution in [-0.2, 0) is 9.53 Å². The minimum atomic E-state index is -0.485. The predicted octanol–water partition coefficient (Wildman–Crippen LogP) is 1.59. The zero-order valence-corrected chi connectivity index (χ0v) is 9.75. The van der Waals surface area contributed by atoms with E-state index in [1.807, 2.05) is 0 Å². The van der Waals surface area contributed by atoms with Crippen molar-refractivity contribution in [3.63, 3.8) is 0 Å². The van der Waals surface area contributed by atoms with Gasteiger partial charge in [-0.3, -0.25) is 9.69 Å². The fourth-order valence-electron chi connectivity index (χ4n) is 0.829. The first-order chi connectivity index (χ1) is 6.65. The van der Waals surface area contributed by atoms with Crippen molar-refractivity contribution in [2.45, 2.75) is 6.92 Å². The molecule has 0 aliphatic carbocycles. The van der Waals surface area contributed by atoms with E-state index in [0.29, 0.717) is 13.2 Å². The molecule has 0 atom stereocenters. The number of carbonyl (C=O) groups excluding carboxylic acids is 2. The molecule has 0 saturated carbocycles. The van der Waals surface area contributed by atoms with Crippen molar-refractivity contribution < 1.29 is 14.3 Å². The van der Waals surface area contributed by atoms with E-state index in [1.165, 1.54) is 4.90 Å². The summed E-state index contributed by atoms with van der Waals surface area (Å²) in [5.74, 6) is -0.0695. The standard InChI is InChI=1S/C9H14BrNO3/c1-3-5-11(7-8(12)6-10)9(13)14-4-2/h3H,1,4-7H2,2H3. The maximum absolute atomic E-state index is 11.3. The van der Waals surface area contributed by atoms with E-state index in [-0.39, 0.29) is 17.7 Å². The molecule has 1 amide bonds. The summed E-state index contributed by atoms with van der Waals surface area (Å²) in [6.07, 6.45) is 1.07. The molecule has 0 rings (SSSR count). The molecule has 0 N–H and O–H groups in total. The van der Waals surface area contributed by atoms with Crippen molar-refractivity contribution in [3.05, 3.63) is 12.7 Å². The zero-order chi connectivity index (χ0) is 11.0. The summed E-state index contributed by atoms with van der Waals surface area (Å²) in [5, 5.41) is 0.236. The first kappa shape index (κ1) is 13.2. The Morgan fingerprint density at radius 2 is 2.21 bits per heavy atom. The highest BCUT2D eigenvalue weighted by Crippen LogP contribution is 1.96. The first-order valence-electron chi connectivity index (χ1n) is 4.26. The van der Waals surface area contributed by atoms with Crippen LogP contribution >= 0.6 is 15.9 Å². The Kier molecular flexibility index (Phi) is 7.10. The molecule has 0 heterocycles. The Morgan fingerprint density at radius 1 is 1.57 bits per heavy atom. The van der Waals surface area contributed by atoms with Crippen LogP contribution in [-0.4, -0.2) is 41.8 Å². The van der Waals surface area contributed by atoms with Gasteiger partial charge in [0.25, 0.3) is 0 Å². The summed E-state index contributed by atoms with van der Waals surface area (Å²) in [6, 6.07) is 0. The van der Waals surface area contributed by atoms with Crippen LogP contribution in [0.5, 0.6) is 0 Å². The van der Waals surface area contributed by atoms with E-state index in [9.17, 15) is 9.59 Å². The van der Waals surface area contributed by atoms with Crippen LogP contribution in [0.1, 0.15) is 6.92 Å².